The number of halogens is 2. The van der Waals surface area contributed by atoms with Crippen LogP contribution in [0.4, 0.5) is 0 Å². The second-order valence-corrected chi connectivity index (χ2v) is 5.39. The van der Waals surface area contributed by atoms with Crippen molar-refractivity contribution in [1.29, 1.82) is 0 Å². The van der Waals surface area contributed by atoms with E-state index in [0.29, 0.717) is 0 Å². The Morgan fingerprint density at radius 2 is 2.06 bits per heavy atom. The predicted molar refractivity (Wildman–Crippen MR) is 76.2 cm³/mol. The largest absolute Gasteiger partial charge is 0.348 e. The van der Waals surface area contributed by atoms with E-state index >= 15 is 0 Å². The lowest BCUT2D eigenvalue weighted by Crippen LogP contribution is -2.49. The maximum Gasteiger partial charge on any atom is 0.239 e. The molecule has 3 N–H and O–H groups in total. The lowest BCUT2D eigenvalue weighted by molar-refractivity contribution is -0.125. The summed E-state index contributed by atoms with van der Waals surface area (Å²) in [6, 6.07) is 7.79. The molecule has 1 aromatic carbocycles. The van der Waals surface area contributed by atoms with Crippen LogP contribution in [0.15, 0.2) is 28.7 Å². The Labute approximate surface area is 117 Å². The van der Waals surface area contributed by atoms with Gasteiger partial charge < -0.3 is 11.1 Å². The van der Waals surface area contributed by atoms with Crippen LogP contribution >= 0.6 is 28.3 Å². The molecule has 0 aliphatic rings. The number of carbonyl (C=O) groups is 1. The van der Waals surface area contributed by atoms with Crippen molar-refractivity contribution < 1.29 is 4.79 Å². The third-order valence-corrected chi connectivity index (χ3v) is 2.77. The SMILES string of the molecule is CC(NC(=O)C(C)(C)N)c1cccc(Br)c1.Cl. The normalized spacial score (nSPS) is 12.5. The first-order valence-electron chi connectivity index (χ1n) is 5.16. The molecule has 0 saturated carbocycles. The number of hydrogen-bond acceptors (Lipinski definition) is 2. The zero-order valence-corrected chi connectivity index (χ0v) is 12.6. The van der Waals surface area contributed by atoms with Gasteiger partial charge in [-0.05, 0) is 38.5 Å². The molecule has 0 aliphatic heterocycles. The monoisotopic (exact) mass is 320 g/mol. The van der Waals surface area contributed by atoms with Crippen LogP contribution in [0.2, 0.25) is 0 Å². The van der Waals surface area contributed by atoms with Crippen LogP contribution < -0.4 is 11.1 Å². The second kappa shape index (κ2) is 6.38. The highest BCUT2D eigenvalue weighted by atomic mass is 79.9. The molecule has 1 rings (SSSR count). The molecule has 0 heterocycles. The average molecular weight is 322 g/mol. The molecule has 0 aromatic heterocycles. The van der Waals surface area contributed by atoms with E-state index in [9.17, 15) is 4.79 Å². The standard InChI is InChI=1S/C12H17BrN2O.ClH/c1-8(15-11(16)12(2,3)14)9-5-4-6-10(13)7-9;/h4-8H,14H2,1-3H3,(H,15,16);1H. The summed E-state index contributed by atoms with van der Waals surface area (Å²) in [4.78, 5) is 11.7. The van der Waals surface area contributed by atoms with Crippen molar-refractivity contribution in [3.8, 4) is 0 Å². The van der Waals surface area contributed by atoms with Gasteiger partial charge in [-0.2, -0.15) is 0 Å². The minimum Gasteiger partial charge on any atom is -0.348 e. The molecule has 0 spiro atoms. The molecule has 0 fully saturated rings. The Balaban J connectivity index is 0.00000256. The van der Waals surface area contributed by atoms with E-state index in [2.05, 4.69) is 21.2 Å². The van der Waals surface area contributed by atoms with E-state index in [1.54, 1.807) is 13.8 Å². The fourth-order valence-electron chi connectivity index (χ4n) is 1.24. The van der Waals surface area contributed by atoms with E-state index in [1.165, 1.54) is 0 Å². The van der Waals surface area contributed by atoms with E-state index in [4.69, 9.17) is 5.73 Å². The Morgan fingerprint density at radius 1 is 1.47 bits per heavy atom. The van der Waals surface area contributed by atoms with E-state index in [0.717, 1.165) is 10.0 Å². The molecular formula is C12H18BrClN2O. The van der Waals surface area contributed by atoms with Gasteiger partial charge in [0.25, 0.3) is 0 Å². The quantitative estimate of drug-likeness (QED) is 0.899. The highest BCUT2D eigenvalue weighted by Gasteiger charge is 2.23. The molecule has 1 aromatic rings. The van der Waals surface area contributed by atoms with Gasteiger partial charge in [0.15, 0.2) is 0 Å². The summed E-state index contributed by atoms with van der Waals surface area (Å²) < 4.78 is 0.998. The van der Waals surface area contributed by atoms with Gasteiger partial charge in [-0.25, -0.2) is 0 Å². The molecule has 0 radical (unpaired) electrons. The van der Waals surface area contributed by atoms with Gasteiger partial charge in [0.2, 0.25) is 5.91 Å². The summed E-state index contributed by atoms with van der Waals surface area (Å²) in [6.07, 6.45) is 0. The number of amides is 1. The van der Waals surface area contributed by atoms with Gasteiger partial charge in [0.05, 0.1) is 11.6 Å². The molecule has 3 nitrogen and oxygen atoms in total. The van der Waals surface area contributed by atoms with Crippen LogP contribution in [0.3, 0.4) is 0 Å². The molecule has 0 bridgehead atoms. The summed E-state index contributed by atoms with van der Waals surface area (Å²) >= 11 is 3.40. The number of hydrogen-bond donors (Lipinski definition) is 2. The zero-order chi connectivity index (χ0) is 12.3. The number of carbonyl (C=O) groups excluding carboxylic acids is 1. The smallest absolute Gasteiger partial charge is 0.239 e. The van der Waals surface area contributed by atoms with E-state index < -0.39 is 5.54 Å². The summed E-state index contributed by atoms with van der Waals surface area (Å²) in [5, 5.41) is 2.88. The van der Waals surface area contributed by atoms with E-state index in [-0.39, 0.29) is 24.4 Å². The summed E-state index contributed by atoms with van der Waals surface area (Å²) in [6.45, 7) is 5.32. The molecular weight excluding hydrogens is 304 g/mol. The van der Waals surface area contributed by atoms with Crippen LogP contribution in [0.5, 0.6) is 0 Å². The van der Waals surface area contributed by atoms with Crippen molar-refractivity contribution in [3.63, 3.8) is 0 Å². The minimum absolute atomic E-state index is 0. The zero-order valence-electron chi connectivity index (χ0n) is 10.2. The Hall–Kier alpha value is -0.580. The summed E-state index contributed by atoms with van der Waals surface area (Å²) in [5.41, 5.74) is 5.92. The lowest BCUT2D eigenvalue weighted by Gasteiger charge is -2.22. The van der Waals surface area contributed by atoms with Crippen molar-refractivity contribution in [1.82, 2.24) is 5.32 Å². The number of benzene rings is 1. The highest BCUT2D eigenvalue weighted by molar-refractivity contribution is 9.10. The molecule has 0 aliphatic carbocycles. The first-order valence-corrected chi connectivity index (χ1v) is 5.95. The van der Waals surface area contributed by atoms with Crippen molar-refractivity contribution in [2.75, 3.05) is 0 Å². The maximum absolute atomic E-state index is 11.7. The topological polar surface area (TPSA) is 55.1 Å². The van der Waals surface area contributed by atoms with Gasteiger partial charge in [-0.3, -0.25) is 4.79 Å². The number of nitrogens with one attached hydrogen (secondary N) is 1. The molecule has 1 amide bonds. The van der Waals surface area contributed by atoms with E-state index in [1.807, 2.05) is 31.2 Å². The second-order valence-electron chi connectivity index (χ2n) is 4.47. The molecule has 0 saturated heterocycles. The maximum atomic E-state index is 11.7. The molecule has 5 heteroatoms. The Morgan fingerprint density at radius 3 is 2.53 bits per heavy atom. The van der Waals surface area contributed by atoms with Gasteiger partial charge in [0.1, 0.15) is 0 Å². The Kier molecular flexibility index (Phi) is 6.16. The van der Waals surface area contributed by atoms with Crippen molar-refractivity contribution >= 4 is 34.2 Å². The first kappa shape index (κ1) is 16.4. The molecule has 1 unspecified atom stereocenters. The molecule has 17 heavy (non-hydrogen) atoms. The summed E-state index contributed by atoms with van der Waals surface area (Å²) in [5.74, 6) is -0.153. The predicted octanol–water partition coefficient (Wildman–Crippen LogP) is 2.79. The van der Waals surface area contributed by atoms with Crippen LogP contribution in [0, 0.1) is 0 Å². The highest BCUT2D eigenvalue weighted by Crippen LogP contribution is 2.18. The third-order valence-electron chi connectivity index (χ3n) is 2.28. The van der Waals surface area contributed by atoms with Crippen LogP contribution in [-0.4, -0.2) is 11.4 Å². The van der Waals surface area contributed by atoms with Crippen LogP contribution in [0.1, 0.15) is 32.4 Å². The Bertz CT molecular complexity index is 390. The molecule has 1 atom stereocenters. The number of nitrogens with two attached hydrogens (primary N) is 1. The fraction of sp³-hybridized carbons (Fsp3) is 0.417. The van der Waals surface area contributed by atoms with Gasteiger partial charge >= 0.3 is 0 Å². The van der Waals surface area contributed by atoms with Gasteiger partial charge in [0, 0.05) is 4.47 Å². The van der Waals surface area contributed by atoms with Crippen molar-refractivity contribution in [2.24, 2.45) is 5.73 Å². The van der Waals surface area contributed by atoms with Crippen molar-refractivity contribution in [3.05, 3.63) is 34.3 Å². The lowest BCUT2D eigenvalue weighted by atomic mass is 10.0. The van der Waals surface area contributed by atoms with Crippen LogP contribution in [-0.2, 0) is 4.79 Å². The first-order chi connectivity index (χ1) is 7.30. The van der Waals surface area contributed by atoms with Gasteiger partial charge in [-0.1, -0.05) is 28.1 Å². The fourth-order valence-corrected chi connectivity index (χ4v) is 1.66. The van der Waals surface area contributed by atoms with Gasteiger partial charge in [-0.15, -0.1) is 12.4 Å². The minimum atomic E-state index is -0.847. The summed E-state index contributed by atoms with van der Waals surface area (Å²) in [7, 11) is 0. The average Bonchev–Trinajstić information content (AvgIpc) is 2.16. The van der Waals surface area contributed by atoms with Crippen molar-refractivity contribution in [2.45, 2.75) is 32.4 Å². The van der Waals surface area contributed by atoms with Crippen LogP contribution in [0.25, 0.3) is 0 Å². The third kappa shape index (κ3) is 5.06. The molecule has 96 valence electrons. The number of rotatable bonds is 3.